The molecule has 0 atom stereocenters. The predicted molar refractivity (Wildman–Crippen MR) is 247 cm³/mol. The molecule has 0 unspecified atom stereocenters. The molecule has 12 nitrogen and oxygen atoms in total. The maximum Gasteiger partial charge on any atom is 0.171 e. The Hall–Kier alpha value is -6.45. The molecule has 15 heteroatoms. The summed E-state index contributed by atoms with van der Waals surface area (Å²) < 4.78 is 25.4. The summed E-state index contributed by atoms with van der Waals surface area (Å²) in [6.07, 6.45) is 14.4. The number of benzene rings is 2. The quantitative estimate of drug-likeness (QED) is 0.0836. The van der Waals surface area contributed by atoms with Gasteiger partial charge in [0, 0.05) is 80.7 Å². The van der Waals surface area contributed by atoms with E-state index in [1.165, 1.54) is 12.1 Å². The van der Waals surface area contributed by atoms with Gasteiger partial charge < -0.3 is 40.5 Å². The van der Waals surface area contributed by atoms with Crippen LogP contribution < -0.4 is 40.5 Å². The van der Waals surface area contributed by atoms with Crippen molar-refractivity contribution >= 4 is 57.7 Å². The van der Waals surface area contributed by atoms with Crippen LogP contribution in [0.3, 0.4) is 0 Å². The molecule has 8 rings (SSSR count). The van der Waals surface area contributed by atoms with Crippen molar-refractivity contribution in [2.24, 2.45) is 0 Å². The van der Waals surface area contributed by atoms with E-state index in [4.69, 9.17) is 33.9 Å². The first kappa shape index (κ1) is 41.3. The first-order valence-electron chi connectivity index (χ1n) is 20.4. The number of pyridine rings is 4. The molecule has 2 saturated heterocycles. The van der Waals surface area contributed by atoms with E-state index in [0.717, 1.165) is 109 Å². The molecule has 6 heterocycles. The zero-order valence-electron chi connectivity index (χ0n) is 33.5. The van der Waals surface area contributed by atoms with Gasteiger partial charge in [0.1, 0.15) is 42.2 Å². The Morgan fingerprint density at radius 2 is 1.11 bits per heavy atom. The van der Waals surface area contributed by atoms with Crippen LogP contribution in [0, 0.1) is 5.82 Å². The molecule has 312 valence electrons. The van der Waals surface area contributed by atoms with E-state index in [9.17, 15) is 4.39 Å². The molecular formula is C46H47FN10O2S2. The number of anilines is 4. The van der Waals surface area contributed by atoms with Gasteiger partial charge in [0.15, 0.2) is 10.2 Å². The second-order valence-electron chi connectivity index (χ2n) is 15.0. The van der Waals surface area contributed by atoms with E-state index < -0.39 is 0 Å². The molecule has 4 N–H and O–H groups in total. The number of piperidine rings is 2. The fraction of sp³-hybridized carbons (Fsp3) is 0.261. The Bertz CT molecular complexity index is 2380. The summed E-state index contributed by atoms with van der Waals surface area (Å²) in [6, 6.07) is 28.7. The lowest BCUT2D eigenvalue weighted by molar-refractivity contribution is 0.305. The number of hydrogen-bond acceptors (Lipinski definition) is 10. The summed E-state index contributed by atoms with van der Waals surface area (Å²) in [4.78, 5) is 22.4. The third-order valence-electron chi connectivity index (χ3n) is 10.7. The molecule has 2 aliphatic heterocycles. The smallest absolute Gasteiger partial charge is 0.171 e. The highest BCUT2D eigenvalue weighted by Crippen LogP contribution is 2.26. The lowest BCUT2D eigenvalue weighted by atomic mass is 10.1. The summed E-state index contributed by atoms with van der Waals surface area (Å²) in [7, 11) is 0. The topological polar surface area (TPSA) is 125 Å². The minimum absolute atomic E-state index is 0.227. The molecule has 0 saturated carbocycles. The zero-order valence-corrected chi connectivity index (χ0v) is 35.2. The molecule has 0 aliphatic carbocycles. The third kappa shape index (κ3) is 11.9. The van der Waals surface area contributed by atoms with E-state index in [2.05, 4.69) is 81.3 Å². The van der Waals surface area contributed by atoms with Crippen LogP contribution in [-0.2, 0) is 13.2 Å². The highest BCUT2D eigenvalue weighted by molar-refractivity contribution is 7.80. The third-order valence-corrected chi connectivity index (χ3v) is 11.1. The monoisotopic (exact) mass is 854 g/mol. The lowest BCUT2D eigenvalue weighted by Crippen LogP contribution is -2.46. The number of ether oxygens (including phenoxy) is 2. The molecule has 6 aromatic rings. The van der Waals surface area contributed by atoms with Crippen molar-refractivity contribution in [3.05, 3.63) is 145 Å². The highest BCUT2D eigenvalue weighted by Gasteiger charge is 2.23. The molecule has 2 aliphatic rings. The number of nitrogens with one attached hydrogen (secondary N) is 4. The van der Waals surface area contributed by atoms with Crippen LogP contribution in [0.5, 0.6) is 11.5 Å². The molecule has 0 spiro atoms. The van der Waals surface area contributed by atoms with Crippen molar-refractivity contribution in [3.8, 4) is 22.6 Å². The second kappa shape index (κ2) is 20.2. The van der Waals surface area contributed by atoms with Crippen LogP contribution in [0.1, 0.15) is 36.8 Å². The van der Waals surface area contributed by atoms with Crippen LogP contribution in [-0.4, -0.2) is 68.4 Å². The normalized spacial score (nSPS) is 14.5. The van der Waals surface area contributed by atoms with Gasteiger partial charge in [0.05, 0.1) is 23.8 Å². The number of nitrogens with zero attached hydrogens (tertiary/aromatic N) is 6. The Kier molecular flexibility index (Phi) is 13.7. The average molecular weight is 855 g/mol. The molecule has 0 bridgehead atoms. The highest BCUT2D eigenvalue weighted by atomic mass is 32.1. The number of rotatable bonds is 13. The van der Waals surface area contributed by atoms with E-state index >= 15 is 0 Å². The Balaban J connectivity index is 0.760. The van der Waals surface area contributed by atoms with E-state index in [0.29, 0.717) is 29.5 Å². The van der Waals surface area contributed by atoms with Crippen LogP contribution in [0.2, 0.25) is 0 Å². The van der Waals surface area contributed by atoms with Gasteiger partial charge in [0.2, 0.25) is 0 Å². The van der Waals surface area contributed by atoms with Crippen LogP contribution in [0.15, 0.2) is 128 Å². The van der Waals surface area contributed by atoms with Gasteiger partial charge in [-0.15, -0.1) is 0 Å². The first-order valence-corrected chi connectivity index (χ1v) is 21.2. The SMILES string of the molecule is Fc1ccc(COc2ccnc(N3CCC(NC(=S)Nc4cncc(-c5ccc(COc6ccnc(N7CCC(NC(=S)Nc8cccnc8)CC7)c6)cc5)c4)CC3)c2)cc1. The van der Waals surface area contributed by atoms with Gasteiger partial charge in [-0.2, -0.15) is 0 Å². The van der Waals surface area contributed by atoms with Crippen molar-refractivity contribution in [2.45, 2.75) is 51.0 Å². The van der Waals surface area contributed by atoms with Crippen molar-refractivity contribution in [1.29, 1.82) is 0 Å². The van der Waals surface area contributed by atoms with Gasteiger partial charge in [0.25, 0.3) is 0 Å². The van der Waals surface area contributed by atoms with Crippen molar-refractivity contribution in [3.63, 3.8) is 0 Å². The fourth-order valence-electron chi connectivity index (χ4n) is 7.35. The molecule has 0 amide bonds. The van der Waals surface area contributed by atoms with Crippen LogP contribution >= 0.6 is 24.4 Å². The summed E-state index contributed by atoms with van der Waals surface area (Å²) in [5.41, 5.74) is 5.67. The van der Waals surface area contributed by atoms with Gasteiger partial charge in [-0.1, -0.05) is 36.4 Å². The lowest BCUT2D eigenvalue weighted by Gasteiger charge is -2.33. The molecule has 0 radical (unpaired) electrons. The summed E-state index contributed by atoms with van der Waals surface area (Å²) in [6.45, 7) is 4.20. The zero-order chi connectivity index (χ0) is 41.8. The maximum atomic E-state index is 13.2. The summed E-state index contributed by atoms with van der Waals surface area (Å²) in [5.74, 6) is 3.03. The molecular weight excluding hydrogens is 808 g/mol. The van der Waals surface area contributed by atoms with Gasteiger partial charge >= 0.3 is 0 Å². The standard InChI is InChI=1S/C46H47FN10O2S2/c47-36-9-5-33(6-10-36)31-59-42-12-19-51-44(26-42)57-22-15-38(16-23-57)53-46(61)55-40-24-35(27-49-29-40)34-7-3-32(4-8-34)30-58-41-11-18-50-43(25-41)56-20-13-37(14-21-56)52-45(60)54-39-2-1-17-48-28-39/h1-12,17-19,24-29,37-38H,13-16,20-23,30-31H2,(H2,52,54,60)(H2,53,55,61). The first-order chi connectivity index (χ1) is 29.9. The summed E-state index contributed by atoms with van der Waals surface area (Å²) >= 11 is 11.2. The van der Waals surface area contributed by atoms with E-state index in [1.807, 2.05) is 42.6 Å². The average Bonchev–Trinajstić information content (AvgIpc) is 3.29. The predicted octanol–water partition coefficient (Wildman–Crippen LogP) is 8.14. The van der Waals surface area contributed by atoms with Crippen molar-refractivity contribution < 1.29 is 13.9 Å². The number of thiocarbonyl (C=S) groups is 2. The Morgan fingerprint density at radius 1 is 0.590 bits per heavy atom. The maximum absolute atomic E-state index is 13.2. The van der Waals surface area contributed by atoms with Crippen molar-refractivity contribution in [2.75, 3.05) is 46.6 Å². The Morgan fingerprint density at radius 3 is 1.66 bits per heavy atom. The van der Waals surface area contributed by atoms with Crippen LogP contribution in [0.25, 0.3) is 11.1 Å². The largest absolute Gasteiger partial charge is 0.489 e. The van der Waals surface area contributed by atoms with E-state index in [-0.39, 0.29) is 11.9 Å². The number of hydrogen-bond donors (Lipinski definition) is 4. The molecule has 4 aromatic heterocycles. The molecule has 61 heavy (non-hydrogen) atoms. The van der Waals surface area contributed by atoms with Gasteiger partial charge in [-0.3, -0.25) is 9.97 Å². The summed E-state index contributed by atoms with van der Waals surface area (Å²) in [5, 5.41) is 14.6. The molecule has 2 fully saturated rings. The minimum Gasteiger partial charge on any atom is -0.489 e. The number of halogens is 1. The van der Waals surface area contributed by atoms with Crippen LogP contribution in [0.4, 0.5) is 27.4 Å². The minimum atomic E-state index is -0.260. The van der Waals surface area contributed by atoms with E-state index in [1.54, 1.807) is 43.1 Å². The van der Waals surface area contributed by atoms with Crippen molar-refractivity contribution in [1.82, 2.24) is 30.6 Å². The number of aromatic nitrogens is 4. The Labute approximate surface area is 366 Å². The van der Waals surface area contributed by atoms with Gasteiger partial charge in [-0.05, 0) is 109 Å². The second-order valence-corrected chi connectivity index (χ2v) is 15.8. The molecule has 2 aromatic carbocycles. The fourth-order valence-corrected chi connectivity index (χ4v) is 7.92. The van der Waals surface area contributed by atoms with Gasteiger partial charge in [-0.25, -0.2) is 14.4 Å².